The Kier molecular flexibility index (Phi) is 5.06. The standard InChI is InChI=1S/C23H21N7O2/c1-14-12-15(6-9-24-14)26-23-25-10-7-18(28-23)17-4-3-5-19(27-17)21-13-20(29-32-21)16-8-11-30(2)22(16)31/h3-7,9-10,12-13,16H,8,11H2,1-2H3,(H,24,25,26,28)/t16-/m0/s1. The number of carbonyl (C=O) groups is 1. The van der Waals surface area contributed by atoms with Gasteiger partial charge in [0.2, 0.25) is 11.9 Å². The summed E-state index contributed by atoms with van der Waals surface area (Å²) in [6.45, 7) is 2.65. The predicted octanol–water partition coefficient (Wildman–Crippen LogP) is 3.59. The zero-order valence-corrected chi connectivity index (χ0v) is 17.7. The van der Waals surface area contributed by atoms with E-state index in [-0.39, 0.29) is 11.8 Å². The van der Waals surface area contributed by atoms with Gasteiger partial charge in [0.1, 0.15) is 5.69 Å². The molecule has 4 aromatic heterocycles. The number of rotatable bonds is 5. The number of hydrogen-bond acceptors (Lipinski definition) is 8. The number of aryl methyl sites for hydroxylation is 1. The van der Waals surface area contributed by atoms with Crippen LogP contribution in [0.5, 0.6) is 0 Å². The molecule has 1 N–H and O–H groups in total. The van der Waals surface area contributed by atoms with Crippen molar-refractivity contribution in [2.24, 2.45) is 0 Å². The van der Waals surface area contributed by atoms with Crippen molar-refractivity contribution < 1.29 is 9.32 Å². The number of likely N-dealkylation sites (N-methyl/N-ethyl adjacent to an activating group) is 1. The highest BCUT2D eigenvalue weighted by Gasteiger charge is 2.33. The number of aromatic nitrogens is 5. The van der Waals surface area contributed by atoms with Crippen molar-refractivity contribution in [2.45, 2.75) is 19.3 Å². The third-order valence-corrected chi connectivity index (χ3v) is 5.39. The van der Waals surface area contributed by atoms with Crippen LogP contribution in [-0.4, -0.2) is 49.5 Å². The molecule has 0 bridgehead atoms. The Balaban J connectivity index is 1.40. The van der Waals surface area contributed by atoms with E-state index in [0.717, 1.165) is 24.3 Å². The highest BCUT2D eigenvalue weighted by atomic mass is 16.5. The van der Waals surface area contributed by atoms with Gasteiger partial charge in [-0.2, -0.15) is 0 Å². The van der Waals surface area contributed by atoms with E-state index in [9.17, 15) is 4.79 Å². The Bertz CT molecular complexity index is 1290. The monoisotopic (exact) mass is 427 g/mol. The highest BCUT2D eigenvalue weighted by Crippen LogP contribution is 2.30. The molecule has 32 heavy (non-hydrogen) atoms. The Hall–Kier alpha value is -4.14. The maximum Gasteiger partial charge on any atom is 0.231 e. The second kappa shape index (κ2) is 8.18. The molecule has 1 saturated heterocycles. The number of carbonyl (C=O) groups excluding carboxylic acids is 1. The third-order valence-electron chi connectivity index (χ3n) is 5.39. The van der Waals surface area contributed by atoms with Gasteiger partial charge in [0.05, 0.1) is 23.0 Å². The van der Waals surface area contributed by atoms with E-state index in [0.29, 0.717) is 34.5 Å². The normalized spacial score (nSPS) is 15.9. The molecule has 0 aromatic carbocycles. The van der Waals surface area contributed by atoms with Crippen molar-refractivity contribution in [3.8, 4) is 22.8 Å². The molecule has 1 aliphatic rings. The van der Waals surface area contributed by atoms with Gasteiger partial charge in [0, 0.05) is 43.4 Å². The van der Waals surface area contributed by atoms with Gasteiger partial charge in [0.15, 0.2) is 5.76 Å². The topological polar surface area (TPSA) is 110 Å². The molecule has 1 amide bonds. The first-order valence-electron chi connectivity index (χ1n) is 10.3. The van der Waals surface area contributed by atoms with Crippen LogP contribution in [0.25, 0.3) is 22.8 Å². The van der Waals surface area contributed by atoms with Gasteiger partial charge < -0.3 is 14.7 Å². The quantitative estimate of drug-likeness (QED) is 0.515. The van der Waals surface area contributed by atoms with Crippen molar-refractivity contribution in [1.29, 1.82) is 0 Å². The van der Waals surface area contributed by atoms with Gasteiger partial charge in [-0.3, -0.25) is 9.78 Å². The van der Waals surface area contributed by atoms with Crippen LogP contribution < -0.4 is 5.32 Å². The molecule has 0 aliphatic carbocycles. The van der Waals surface area contributed by atoms with Crippen molar-refractivity contribution in [1.82, 2.24) is 30.0 Å². The van der Waals surface area contributed by atoms with Gasteiger partial charge in [0.25, 0.3) is 0 Å². The van der Waals surface area contributed by atoms with E-state index in [1.165, 1.54) is 0 Å². The summed E-state index contributed by atoms with van der Waals surface area (Å²) in [6.07, 6.45) is 4.15. The van der Waals surface area contributed by atoms with Gasteiger partial charge in [-0.05, 0) is 43.7 Å². The summed E-state index contributed by atoms with van der Waals surface area (Å²) in [5.74, 6) is 0.792. The zero-order chi connectivity index (χ0) is 22.1. The van der Waals surface area contributed by atoms with E-state index < -0.39 is 0 Å². The first-order valence-corrected chi connectivity index (χ1v) is 10.3. The Morgan fingerprint density at radius 2 is 1.84 bits per heavy atom. The summed E-state index contributed by atoms with van der Waals surface area (Å²) >= 11 is 0. The molecule has 0 saturated carbocycles. The molecular formula is C23H21N7O2. The lowest BCUT2D eigenvalue weighted by Crippen LogP contribution is -2.21. The first-order chi connectivity index (χ1) is 15.6. The van der Waals surface area contributed by atoms with Crippen LogP contribution in [0.2, 0.25) is 0 Å². The fourth-order valence-electron chi connectivity index (χ4n) is 3.70. The van der Waals surface area contributed by atoms with Gasteiger partial charge in [-0.15, -0.1) is 0 Å². The lowest BCUT2D eigenvalue weighted by atomic mass is 10.0. The van der Waals surface area contributed by atoms with Crippen LogP contribution in [0.15, 0.2) is 59.4 Å². The summed E-state index contributed by atoms with van der Waals surface area (Å²) in [6, 6.07) is 13.0. The van der Waals surface area contributed by atoms with Crippen molar-refractivity contribution in [2.75, 3.05) is 18.9 Å². The van der Waals surface area contributed by atoms with Crippen LogP contribution in [0, 0.1) is 6.92 Å². The molecule has 1 atom stereocenters. The minimum atomic E-state index is -0.256. The number of nitrogens with zero attached hydrogens (tertiary/aromatic N) is 6. The molecular weight excluding hydrogens is 406 g/mol. The number of nitrogens with one attached hydrogen (secondary N) is 1. The van der Waals surface area contributed by atoms with Crippen molar-refractivity contribution >= 4 is 17.5 Å². The maximum absolute atomic E-state index is 12.3. The average Bonchev–Trinajstić information content (AvgIpc) is 3.41. The summed E-state index contributed by atoms with van der Waals surface area (Å²) in [5, 5.41) is 7.32. The number of hydrogen-bond donors (Lipinski definition) is 1. The van der Waals surface area contributed by atoms with Crippen LogP contribution in [0.1, 0.15) is 23.7 Å². The molecule has 5 rings (SSSR count). The van der Waals surface area contributed by atoms with E-state index in [4.69, 9.17) is 9.51 Å². The SMILES string of the molecule is Cc1cc(Nc2nccc(-c3cccc(-c4cc([C@@H]5CCN(C)C5=O)no4)n3)n2)ccn1. The van der Waals surface area contributed by atoms with E-state index in [1.807, 2.05) is 37.3 Å². The molecule has 9 heteroatoms. The fourth-order valence-corrected chi connectivity index (χ4v) is 3.70. The summed E-state index contributed by atoms with van der Waals surface area (Å²) in [4.78, 5) is 31.8. The fraction of sp³-hybridized carbons (Fsp3) is 0.217. The van der Waals surface area contributed by atoms with E-state index in [2.05, 4.69) is 25.4 Å². The van der Waals surface area contributed by atoms with Crippen LogP contribution >= 0.6 is 0 Å². The molecule has 0 unspecified atom stereocenters. The second-order valence-corrected chi connectivity index (χ2v) is 7.70. The number of likely N-dealkylation sites (tertiary alicyclic amines) is 1. The Labute approximate surface area is 184 Å². The zero-order valence-electron chi connectivity index (χ0n) is 17.7. The largest absolute Gasteiger partial charge is 0.354 e. The number of anilines is 2. The second-order valence-electron chi connectivity index (χ2n) is 7.70. The number of pyridine rings is 2. The van der Waals surface area contributed by atoms with Crippen LogP contribution in [0.3, 0.4) is 0 Å². The molecule has 4 aromatic rings. The first kappa shape index (κ1) is 19.8. The smallest absolute Gasteiger partial charge is 0.231 e. The third kappa shape index (κ3) is 3.92. The highest BCUT2D eigenvalue weighted by molar-refractivity contribution is 5.85. The molecule has 1 aliphatic heterocycles. The summed E-state index contributed by atoms with van der Waals surface area (Å²) in [7, 11) is 1.80. The van der Waals surface area contributed by atoms with Crippen LogP contribution in [0.4, 0.5) is 11.6 Å². The lowest BCUT2D eigenvalue weighted by Gasteiger charge is -2.07. The summed E-state index contributed by atoms with van der Waals surface area (Å²) in [5.41, 5.74) is 4.37. The minimum Gasteiger partial charge on any atom is -0.354 e. The minimum absolute atomic E-state index is 0.0666. The van der Waals surface area contributed by atoms with Gasteiger partial charge in [-0.25, -0.2) is 15.0 Å². The Morgan fingerprint density at radius 1 is 1.03 bits per heavy atom. The van der Waals surface area contributed by atoms with Crippen molar-refractivity contribution in [3.63, 3.8) is 0 Å². The molecule has 0 radical (unpaired) electrons. The van der Waals surface area contributed by atoms with Gasteiger partial charge >= 0.3 is 0 Å². The number of amides is 1. The molecule has 9 nitrogen and oxygen atoms in total. The molecule has 1 fully saturated rings. The lowest BCUT2D eigenvalue weighted by molar-refractivity contribution is -0.127. The molecule has 0 spiro atoms. The van der Waals surface area contributed by atoms with Crippen LogP contribution in [-0.2, 0) is 4.79 Å². The van der Waals surface area contributed by atoms with Gasteiger partial charge in [-0.1, -0.05) is 11.2 Å². The predicted molar refractivity (Wildman–Crippen MR) is 118 cm³/mol. The maximum atomic E-state index is 12.3. The van der Waals surface area contributed by atoms with Crippen molar-refractivity contribution in [3.05, 3.63) is 66.2 Å². The van der Waals surface area contributed by atoms with E-state index in [1.54, 1.807) is 36.5 Å². The molecule has 160 valence electrons. The molecule has 5 heterocycles. The average molecular weight is 427 g/mol. The van der Waals surface area contributed by atoms with E-state index >= 15 is 0 Å². The summed E-state index contributed by atoms with van der Waals surface area (Å²) < 4.78 is 5.52. The Morgan fingerprint density at radius 3 is 2.66 bits per heavy atom.